The zero-order chi connectivity index (χ0) is 54.9. The fourth-order valence-corrected chi connectivity index (χ4v) is 17.3. The fraction of sp³-hybridized carbons (Fsp3) is 0.606. The highest BCUT2D eigenvalue weighted by molar-refractivity contribution is 5.89. The summed E-state index contributed by atoms with van der Waals surface area (Å²) < 4.78 is 10.1. The van der Waals surface area contributed by atoms with Crippen LogP contribution in [-0.4, -0.2) is 93.1 Å². The molecule has 424 valence electrons. The maximum Gasteiger partial charge on any atom is 0.407 e. The topological polar surface area (TPSA) is 175 Å². The number of alkyl carbamates (subject to hydrolysis) is 2. The van der Waals surface area contributed by atoms with Crippen molar-refractivity contribution < 1.29 is 28.7 Å². The smallest absolute Gasteiger partial charge is 0.407 e. The van der Waals surface area contributed by atoms with Crippen molar-refractivity contribution in [3.8, 4) is 33.5 Å². The number of aromatic nitrogens is 4. The molecule has 4 heterocycles. The maximum atomic E-state index is 14.6. The summed E-state index contributed by atoms with van der Waals surface area (Å²) in [6.07, 6.45) is 27.4. The van der Waals surface area contributed by atoms with Gasteiger partial charge in [0.1, 0.15) is 23.7 Å². The number of rotatable bonds is 11. The van der Waals surface area contributed by atoms with E-state index in [0.29, 0.717) is 24.9 Å². The van der Waals surface area contributed by atoms with Crippen LogP contribution >= 0.6 is 0 Å². The monoisotopic (exact) mass is 1080 g/mol. The Hall–Kier alpha value is -6.18. The van der Waals surface area contributed by atoms with Gasteiger partial charge in [0.2, 0.25) is 11.8 Å². The van der Waals surface area contributed by atoms with Crippen LogP contribution in [-0.2, 0) is 44.7 Å². The minimum atomic E-state index is -0.617. The lowest BCUT2D eigenvalue weighted by Crippen LogP contribution is -2.52. The average Bonchev–Trinajstić information content (AvgIpc) is 4.52. The van der Waals surface area contributed by atoms with Gasteiger partial charge in [-0.25, -0.2) is 19.6 Å². The Morgan fingerprint density at radius 2 is 1.04 bits per heavy atom. The van der Waals surface area contributed by atoms with Crippen LogP contribution in [0.5, 0.6) is 0 Å². The molecular weight excluding hydrogens is 1000 g/mol. The van der Waals surface area contributed by atoms with Crippen molar-refractivity contribution in [1.29, 1.82) is 0 Å². The van der Waals surface area contributed by atoms with Gasteiger partial charge < -0.3 is 39.9 Å². The Morgan fingerprint density at radius 1 is 0.575 bits per heavy atom. The number of H-pyrrole nitrogens is 2. The number of likely N-dealkylation sites (tertiary alicyclic amines) is 2. The van der Waals surface area contributed by atoms with Crippen molar-refractivity contribution in [2.45, 2.75) is 192 Å². The summed E-state index contributed by atoms with van der Waals surface area (Å²) in [5.74, 6) is 2.34. The minimum Gasteiger partial charge on any atom is -0.453 e. The number of imidazole rings is 2. The van der Waals surface area contributed by atoms with Crippen molar-refractivity contribution in [2.75, 3.05) is 27.3 Å². The number of nitrogens with zero attached hydrogens (tertiary/aromatic N) is 4. The van der Waals surface area contributed by atoms with Crippen molar-refractivity contribution in [2.24, 2.45) is 34.5 Å². The average molecular weight is 1090 g/mol. The van der Waals surface area contributed by atoms with E-state index in [0.717, 1.165) is 131 Å². The molecule has 4 saturated carbocycles. The molecule has 14 nitrogen and oxygen atoms in total. The number of carbonyl (C=O) groups is 4. The molecule has 6 aliphatic carbocycles. The van der Waals surface area contributed by atoms with Gasteiger partial charge in [-0.1, -0.05) is 108 Å². The number of hydrogen-bond donors (Lipinski definition) is 4. The molecule has 0 bridgehead atoms. The van der Waals surface area contributed by atoms with Gasteiger partial charge in [-0.15, -0.1) is 0 Å². The van der Waals surface area contributed by atoms with Crippen LogP contribution in [0.1, 0.15) is 188 Å². The second kappa shape index (κ2) is 21.6. The maximum absolute atomic E-state index is 14.6. The molecule has 6 unspecified atom stereocenters. The molecule has 14 heteroatoms. The lowest BCUT2D eigenvalue weighted by Gasteiger charge is -2.34. The molecule has 2 aliphatic heterocycles. The van der Waals surface area contributed by atoms with Gasteiger partial charge in [-0.3, -0.25) is 9.59 Å². The predicted molar refractivity (Wildman–Crippen MR) is 309 cm³/mol. The number of aromatic amines is 2. The second-order valence-electron chi connectivity index (χ2n) is 26.6. The van der Waals surface area contributed by atoms with Crippen molar-refractivity contribution >= 4 is 35.0 Å². The highest BCUT2D eigenvalue weighted by atomic mass is 16.5. The normalized spacial score (nSPS) is 25.1. The zero-order valence-corrected chi connectivity index (χ0v) is 47.9. The first-order valence-electron chi connectivity index (χ1n) is 31.0. The molecule has 6 fully saturated rings. The van der Waals surface area contributed by atoms with E-state index < -0.39 is 24.3 Å². The third-order valence-corrected chi connectivity index (χ3v) is 21.3. The van der Waals surface area contributed by atoms with Crippen LogP contribution in [0.15, 0.2) is 48.7 Å². The number of hydrogen-bond acceptors (Lipinski definition) is 8. The lowest BCUT2D eigenvalue weighted by atomic mass is 9.82. The highest BCUT2D eigenvalue weighted by Crippen LogP contribution is 2.57. The van der Waals surface area contributed by atoms with Crippen LogP contribution in [0.4, 0.5) is 9.59 Å². The lowest BCUT2D eigenvalue weighted by molar-refractivity contribution is -0.137. The van der Waals surface area contributed by atoms with E-state index in [-0.39, 0.29) is 46.6 Å². The van der Waals surface area contributed by atoms with E-state index in [4.69, 9.17) is 19.4 Å². The quantitative estimate of drug-likeness (QED) is 0.101. The minimum absolute atomic E-state index is 0.0250. The second-order valence-corrected chi connectivity index (χ2v) is 26.6. The summed E-state index contributed by atoms with van der Waals surface area (Å²) in [4.78, 5) is 76.4. The first-order chi connectivity index (χ1) is 38.9. The van der Waals surface area contributed by atoms with Crippen molar-refractivity contribution in [3.05, 3.63) is 82.6 Å². The highest BCUT2D eigenvalue weighted by Gasteiger charge is 2.47. The van der Waals surface area contributed by atoms with Gasteiger partial charge in [0.05, 0.1) is 49.2 Å². The standard InChI is InChI=1S/C66H84N8O6/c1-39-29-55(73(37-39)61(75)57(71-63(77)79-3)41-15-7-5-8-16-41)59-67-36-54(70-59)47-23-22-46(50-34-66(35-51(47)50)27-13-14-28-66)45-21-20-44(48-32-65(33-49(45)48)25-11-12-26-65)43-19-24-52-53(31-43)69-60(68-52)56-30-40(2)38-74(56)62(76)58(72-64(78)80-4)42-17-9-6-10-18-42/h19-24,31,36,39-42,55-58H,5-18,25-30,32-35,37-38H2,1-4H3,(H,67,70)(H,68,69)(H,71,77)(H,72,78). The van der Waals surface area contributed by atoms with Crippen molar-refractivity contribution in [1.82, 2.24) is 40.4 Å². The van der Waals surface area contributed by atoms with E-state index in [9.17, 15) is 19.2 Å². The molecule has 2 saturated heterocycles. The molecule has 13 rings (SSSR count). The number of fused-ring (bicyclic) bond motifs is 3. The van der Waals surface area contributed by atoms with Crippen molar-refractivity contribution in [3.63, 3.8) is 0 Å². The Labute approximate surface area is 472 Å². The third kappa shape index (κ3) is 9.79. The Balaban J connectivity index is 0.821. The van der Waals surface area contributed by atoms with Crippen LogP contribution in [0.3, 0.4) is 0 Å². The summed E-state index contributed by atoms with van der Waals surface area (Å²) >= 11 is 0. The molecule has 2 spiro atoms. The molecule has 8 aliphatic rings. The van der Waals surface area contributed by atoms with Gasteiger partial charge in [0.25, 0.3) is 0 Å². The summed E-state index contributed by atoms with van der Waals surface area (Å²) in [6, 6.07) is 14.7. The number of methoxy groups -OCH3 is 2. The van der Waals surface area contributed by atoms with Gasteiger partial charge >= 0.3 is 12.2 Å². The molecule has 4 N–H and O–H groups in total. The van der Waals surface area contributed by atoms with Gasteiger partial charge in [0, 0.05) is 18.7 Å². The number of amides is 4. The molecule has 80 heavy (non-hydrogen) atoms. The Bertz CT molecular complexity index is 3170. The number of carbonyl (C=O) groups excluding carboxylic acids is 4. The van der Waals surface area contributed by atoms with E-state index in [1.165, 1.54) is 116 Å². The van der Waals surface area contributed by atoms with Gasteiger partial charge in [0.15, 0.2) is 0 Å². The molecule has 3 aromatic carbocycles. The summed E-state index contributed by atoms with van der Waals surface area (Å²) in [6.45, 7) is 5.67. The number of nitrogens with one attached hydrogen (secondary N) is 4. The van der Waals surface area contributed by atoms with E-state index in [2.05, 4.69) is 76.9 Å². The molecule has 6 atom stereocenters. The largest absolute Gasteiger partial charge is 0.453 e. The third-order valence-electron chi connectivity index (χ3n) is 21.3. The zero-order valence-electron chi connectivity index (χ0n) is 47.9. The summed E-state index contributed by atoms with van der Waals surface area (Å²) in [5.41, 5.74) is 16.0. The Kier molecular flexibility index (Phi) is 14.4. The van der Waals surface area contributed by atoms with Crippen LogP contribution in [0, 0.1) is 34.5 Å². The summed E-state index contributed by atoms with van der Waals surface area (Å²) in [7, 11) is 2.73. The van der Waals surface area contributed by atoms with Crippen LogP contribution in [0.2, 0.25) is 0 Å². The van der Waals surface area contributed by atoms with E-state index in [1.54, 1.807) is 0 Å². The first-order valence-corrected chi connectivity index (χ1v) is 31.0. The SMILES string of the molecule is COC(=O)NC(C(=O)N1CC(C)CC1c1ncc(-c2ccc(-c3ccc(-c4ccc5nc(C6CC(C)CN6C(=O)C(NC(=O)OC)C6CCCCC6)[nH]c5c4)c4c3CC3(CCCC3)C4)c3c2CC2(CCCC2)C3)[nH]1)C1CCCCC1. The first kappa shape index (κ1) is 53.1. The summed E-state index contributed by atoms with van der Waals surface area (Å²) in [5, 5.41) is 5.93. The number of ether oxygens (including phenoxy) is 2. The molecule has 4 amide bonds. The molecular formula is C66H84N8O6. The van der Waals surface area contributed by atoms with E-state index >= 15 is 0 Å². The van der Waals surface area contributed by atoms with Gasteiger partial charge in [-0.2, -0.15) is 0 Å². The number of benzene rings is 3. The van der Waals surface area contributed by atoms with Crippen LogP contribution in [0.25, 0.3) is 44.5 Å². The van der Waals surface area contributed by atoms with Gasteiger partial charge in [-0.05, 0) is 181 Å². The molecule has 0 radical (unpaired) electrons. The molecule has 5 aromatic rings. The molecule has 2 aromatic heterocycles. The fourth-order valence-electron chi connectivity index (χ4n) is 17.3. The Morgan fingerprint density at radius 3 is 1.55 bits per heavy atom. The predicted octanol–water partition coefficient (Wildman–Crippen LogP) is 13.0. The van der Waals surface area contributed by atoms with Crippen LogP contribution < -0.4 is 10.6 Å². The van der Waals surface area contributed by atoms with E-state index in [1.807, 2.05) is 16.0 Å².